The number of hydrogen-bond acceptors (Lipinski definition) is 5. The zero-order chi connectivity index (χ0) is 24.0. The van der Waals surface area contributed by atoms with Gasteiger partial charge in [-0.3, -0.25) is 4.79 Å². The van der Waals surface area contributed by atoms with Crippen molar-refractivity contribution in [1.29, 1.82) is 0 Å². The SMILES string of the molecule is CC(OC(=O)c1ccc(Cl)c(S(=O)(=O)N2CCCCCC2)c1)C(=O)NCc1ccc(F)cc1. The summed E-state index contributed by atoms with van der Waals surface area (Å²) in [5.41, 5.74) is 0.662. The van der Waals surface area contributed by atoms with Gasteiger partial charge in [0.2, 0.25) is 10.0 Å². The van der Waals surface area contributed by atoms with Gasteiger partial charge in [0, 0.05) is 19.6 Å². The largest absolute Gasteiger partial charge is 0.449 e. The molecular formula is C23H26ClFN2O5S. The molecule has 1 saturated heterocycles. The number of esters is 1. The number of halogens is 2. The molecule has 2 aromatic carbocycles. The van der Waals surface area contributed by atoms with Crippen molar-refractivity contribution in [2.24, 2.45) is 0 Å². The molecule has 2 aromatic rings. The summed E-state index contributed by atoms with van der Waals surface area (Å²) in [6.45, 7) is 2.35. The Labute approximate surface area is 197 Å². The molecule has 0 saturated carbocycles. The van der Waals surface area contributed by atoms with Gasteiger partial charge in [-0.2, -0.15) is 4.31 Å². The third-order valence-corrected chi connectivity index (χ3v) is 7.76. The summed E-state index contributed by atoms with van der Waals surface area (Å²) in [4.78, 5) is 24.7. The molecule has 1 heterocycles. The highest BCUT2D eigenvalue weighted by Gasteiger charge is 2.29. The van der Waals surface area contributed by atoms with E-state index in [2.05, 4.69) is 5.32 Å². The summed E-state index contributed by atoms with van der Waals surface area (Å²) in [5.74, 6) is -1.77. The van der Waals surface area contributed by atoms with Gasteiger partial charge in [-0.25, -0.2) is 17.6 Å². The molecule has 1 fully saturated rings. The summed E-state index contributed by atoms with van der Waals surface area (Å²) in [6, 6.07) is 9.51. The smallest absolute Gasteiger partial charge is 0.338 e. The summed E-state index contributed by atoms with van der Waals surface area (Å²) in [7, 11) is -3.87. The molecule has 0 radical (unpaired) electrons. The second kappa shape index (κ2) is 11.1. The normalized spacial score (nSPS) is 16.0. The van der Waals surface area contributed by atoms with Crippen LogP contribution in [0.15, 0.2) is 47.4 Å². The standard InChI is InChI=1S/C23H26ClFN2O5S/c1-16(22(28)26-15-17-6-9-19(25)10-7-17)32-23(29)18-8-11-20(24)21(14-18)33(30,31)27-12-4-2-3-5-13-27/h6-11,14,16H,2-5,12-13,15H2,1H3,(H,26,28). The van der Waals surface area contributed by atoms with Crippen molar-refractivity contribution in [2.45, 2.75) is 50.2 Å². The number of carbonyl (C=O) groups is 2. The van der Waals surface area contributed by atoms with Gasteiger partial charge in [-0.1, -0.05) is 36.6 Å². The molecule has 33 heavy (non-hydrogen) atoms. The maximum absolute atomic E-state index is 13.1. The number of hydrogen-bond donors (Lipinski definition) is 1. The molecule has 0 aromatic heterocycles. The fourth-order valence-corrected chi connectivity index (χ4v) is 5.48. The van der Waals surface area contributed by atoms with E-state index in [1.807, 2.05) is 0 Å². The first-order chi connectivity index (χ1) is 15.7. The lowest BCUT2D eigenvalue weighted by Crippen LogP contribution is -2.35. The monoisotopic (exact) mass is 496 g/mol. The molecule has 7 nitrogen and oxygen atoms in total. The van der Waals surface area contributed by atoms with Gasteiger partial charge in [0.15, 0.2) is 6.10 Å². The third kappa shape index (κ3) is 6.52. The molecule has 3 rings (SSSR count). The Kier molecular flexibility index (Phi) is 8.45. The Balaban J connectivity index is 1.67. The van der Waals surface area contributed by atoms with Crippen LogP contribution in [0.25, 0.3) is 0 Å². The van der Waals surface area contributed by atoms with Crippen molar-refractivity contribution in [2.75, 3.05) is 13.1 Å². The summed E-state index contributed by atoms with van der Waals surface area (Å²) < 4.78 is 45.8. The number of benzene rings is 2. The average Bonchev–Trinajstić information content (AvgIpc) is 3.09. The molecule has 0 spiro atoms. The first-order valence-electron chi connectivity index (χ1n) is 10.7. The van der Waals surface area contributed by atoms with Gasteiger partial charge in [0.05, 0.1) is 10.6 Å². The lowest BCUT2D eigenvalue weighted by Gasteiger charge is -2.21. The van der Waals surface area contributed by atoms with Crippen LogP contribution in [-0.2, 0) is 26.1 Å². The lowest BCUT2D eigenvalue weighted by atomic mass is 10.2. The second-order valence-corrected chi connectivity index (χ2v) is 10.2. The number of rotatable bonds is 7. The molecule has 10 heteroatoms. The van der Waals surface area contributed by atoms with Crippen LogP contribution in [0.4, 0.5) is 4.39 Å². The topological polar surface area (TPSA) is 92.8 Å². The minimum Gasteiger partial charge on any atom is -0.449 e. The minimum absolute atomic E-state index is 0.0147. The molecule has 1 atom stereocenters. The van der Waals surface area contributed by atoms with Crippen molar-refractivity contribution < 1.29 is 27.1 Å². The number of sulfonamides is 1. The Hall–Kier alpha value is -2.49. The van der Waals surface area contributed by atoms with E-state index in [1.165, 1.54) is 53.7 Å². The lowest BCUT2D eigenvalue weighted by molar-refractivity contribution is -0.129. The summed E-state index contributed by atoms with van der Waals surface area (Å²) in [5, 5.41) is 2.62. The highest BCUT2D eigenvalue weighted by atomic mass is 35.5. The Morgan fingerprint density at radius 2 is 1.73 bits per heavy atom. The highest BCUT2D eigenvalue weighted by molar-refractivity contribution is 7.89. The van der Waals surface area contributed by atoms with Crippen LogP contribution in [0.1, 0.15) is 48.5 Å². The average molecular weight is 497 g/mol. The van der Waals surface area contributed by atoms with E-state index < -0.39 is 28.0 Å². The van der Waals surface area contributed by atoms with Gasteiger partial charge in [-0.15, -0.1) is 0 Å². The van der Waals surface area contributed by atoms with Crippen LogP contribution in [0.3, 0.4) is 0 Å². The highest BCUT2D eigenvalue weighted by Crippen LogP contribution is 2.28. The van der Waals surface area contributed by atoms with Crippen LogP contribution in [-0.4, -0.2) is 43.8 Å². The van der Waals surface area contributed by atoms with Crippen molar-refractivity contribution in [1.82, 2.24) is 9.62 Å². The van der Waals surface area contributed by atoms with Crippen molar-refractivity contribution in [3.05, 3.63) is 64.4 Å². The van der Waals surface area contributed by atoms with Crippen LogP contribution in [0.5, 0.6) is 0 Å². The van der Waals surface area contributed by atoms with E-state index in [0.717, 1.165) is 25.7 Å². The molecule has 1 aliphatic rings. The van der Waals surface area contributed by atoms with Gasteiger partial charge in [0.25, 0.3) is 5.91 Å². The van der Waals surface area contributed by atoms with E-state index in [4.69, 9.17) is 16.3 Å². The van der Waals surface area contributed by atoms with E-state index >= 15 is 0 Å². The van der Waals surface area contributed by atoms with Crippen LogP contribution in [0, 0.1) is 5.82 Å². The third-order valence-electron chi connectivity index (χ3n) is 5.38. The minimum atomic E-state index is -3.87. The fraction of sp³-hybridized carbons (Fsp3) is 0.391. The zero-order valence-corrected chi connectivity index (χ0v) is 19.8. The second-order valence-electron chi connectivity index (χ2n) is 7.86. The predicted octanol–water partition coefficient (Wildman–Crippen LogP) is 3.91. The zero-order valence-electron chi connectivity index (χ0n) is 18.2. The molecule has 1 unspecified atom stereocenters. The van der Waals surface area contributed by atoms with E-state index in [0.29, 0.717) is 18.7 Å². The molecular weight excluding hydrogens is 471 g/mol. The van der Waals surface area contributed by atoms with Crippen LogP contribution >= 0.6 is 11.6 Å². The number of carbonyl (C=O) groups excluding carboxylic acids is 2. The van der Waals surface area contributed by atoms with Gasteiger partial charge in [-0.05, 0) is 55.7 Å². The van der Waals surface area contributed by atoms with Crippen molar-refractivity contribution >= 4 is 33.5 Å². The Bertz CT molecular complexity index is 1100. The Morgan fingerprint density at radius 1 is 1.09 bits per heavy atom. The van der Waals surface area contributed by atoms with Crippen molar-refractivity contribution in [3.8, 4) is 0 Å². The fourth-order valence-electron chi connectivity index (χ4n) is 3.47. The maximum Gasteiger partial charge on any atom is 0.338 e. The molecule has 0 aliphatic carbocycles. The molecule has 1 aliphatic heterocycles. The predicted molar refractivity (Wildman–Crippen MR) is 122 cm³/mol. The van der Waals surface area contributed by atoms with E-state index in [1.54, 1.807) is 0 Å². The summed E-state index contributed by atoms with van der Waals surface area (Å²) in [6.07, 6.45) is 2.34. The maximum atomic E-state index is 13.1. The first-order valence-corrected chi connectivity index (χ1v) is 12.5. The Morgan fingerprint density at radius 3 is 2.36 bits per heavy atom. The number of amides is 1. The number of nitrogens with one attached hydrogen (secondary N) is 1. The van der Waals surface area contributed by atoms with Crippen LogP contribution < -0.4 is 5.32 Å². The number of nitrogens with zero attached hydrogens (tertiary/aromatic N) is 1. The van der Waals surface area contributed by atoms with E-state index in [9.17, 15) is 22.4 Å². The van der Waals surface area contributed by atoms with E-state index in [-0.39, 0.29) is 27.8 Å². The van der Waals surface area contributed by atoms with Gasteiger partial charge >= 0.3 is 5.97 Å². The molecule has 0 bridgehead atoms. The molecule has 178 valence electrons. The van der Waals surface area contributed by atoms with Gasteiger partial charge in [0.1, 0.15) is 10.7 Å². The summed E-state index contributed by atoms with van der Waals surface area (Å²) >= 11 is 6.17. The van der Waals surface area contributed by atoms with Crippen LogP contribution in [0.2, 0.25) is 5.02 Å². The quantitative estimate of drug-likeness (QED) is 0.587. The molecule has 1 amide bonds. The number of ether oxygens (including phenoxy) is 1. The first kappa shape index (κ1) is 25.1. The van der Waals surface area contributed by atoms with Crippen molar-refractivity contribution in [3.63, 3.8) is 0 Å². The molecule has 1 N–H and O–H groups in total. The van der Waals surface area contributed by atoms with Gasteiger partial charge < -0.3 is 10.1 Å².